The van der Waals surface area contributed by atoms with Gasteiger partial charge in [-0.3, -0.25) is 10.2 Å². The van der Waals surface area contributed by atoms with Crippen molar-refractivity contribution in [1.82, 2.24) is 10.4 Å². The zero-order valence-corrected chi connectivity index (χ0v) is 8.10. The minimum Gasteiger partial charge on any atom is -0.294 e. The molecule has 70 valence electrons. The number of carbonyl (C=O) groups excluding carboxylic acids is 1. The fourth-order valence-electron chi connectivity index (χ4n) is 0.798. The molecule has 5 heteroatoms. The van der Waals surface area contributed by atoms with Crippen molar-refractivity contribution in [3.63, 3.8) is 0 Å². The van der Waals surface area contributed by atoms with Crippen LogP contribution < -0.4 is 11.3 Å². The lowest BCUT2D eigenvalue weighted by molar-refractivity contribution is -0.118. The van der Waals surface area contributed by atoms with Gasteiger partial charge in [-0.1, -0.05) is 17.8 Å². The highest BCUT2D eigenvalue weighted by Crippen LogP contribution is 2.17. The number of amides is 1. The largest absolute Gasteiger partial charge is 0.294 e. The molecule has 1 rings (SSSR count). The van der Waals surface area contributed by atoms with E-state index in [1.54, 1.807) is 6.20 Å². The number of rotatable bonds is 3. The molecule has 1 amide bonds. The summed E-state index contributed by atoms with van der Waals surface area (Å²) in [5.74, 6) is 5.04. The molecule has 0 aliphatic carbocycles. The highest BCUT2D eigenvalue weighted by atomic mass is 32.2. The average Bonchev–Trinajstić information content (AvgIpc) is 2.16. The summed E-state index contributed by atoms with van der Waals surface area (Å²) in [6, 6.07) is 3.82. The molecule has 4 nitrogen and oxygen atoms in total. The van der Waals surface area contributed by atoms with Crippen molar-refractivity contribution in [1.29, 1.82) is 0 Å². The van der Waals surface area contributed by atoms with Gasteiger partial charge in [0.1, 0.15) is 0 Å². The van der Waals surface area contributed by atoms with Crippen LogP contribution in [0.15, 0.2) is 23.4 Å². The van der Waals surface area contributed by atoms with Crippen molar-refractivity contribution in [3.8, 4) is 0 Å². The van der Waals surface area contributed by atoms with Crippen LogP contribution in [0.3, 0.4) is 0 Å². The Morgan fingerprint density at radius 1 is 1.77 bits per heavy atom. The molecule has 3 N–H and O–H groups in total. The molecule has 0 radical (unpaired) electrons. The standard InChI is InChI=1S/C8H11N3OS/c1-6-3-2-4-10-8(6)13-5-7(12)11-9/h2-4H,5,9H2,1H3,(H,11,12). The number of hydrogen-bond acceptors (Lipinski definition) is 4. The normalized spacial score (nSPS) is 9.69. The lowest BCUT2D eigenvalue weighted by Crippen LogP contribution is -2.31. The van der Waals surface area contributed by atoms with Crippen LogP contribution in [-0.2, 0) is 4.79 Å². The van der Waals surface area contributed by atoms with E-state index in [0.717, 1.165) is 10.6 Å². The van der Waals surface area contributed by atoms with Crippen molar-refractivity contribution < 1.29 is 4.79 Å². The van der Waals surface area contributed by atoms with Crippen molar-refractivity contribution in [2.24, 2.45) is 5.84 Å². The molecule has 0 aromatic carbocycles. The highest BCUT2D eigenvalue weighted by molar-refractivity contribution is 7.99. The quantitative estimate of drug-likeness (QED) is 0.320. The van der Waals surface area contributed by atoms with Crippen LogP contribution in [0, 0.1) is 6.92 Å². The molecule has 0 saturated carbocycles. The van der Waals surface area contributed by atoms with Gasteiger partial charge in [-0.25, -0.2) is 10.8 Å². The number of carbonyl (C=O) groups is 1. The monoisotopic (exact) mass is 197 g/mol. The van der Waals surface area contributed by atoms with E-state index in [4.69, 9.17) is 5.84 Å². The van der Waals surface area contributed by atoms with E-state index in [-0.39, 0.29) is 5.91 Å². The van der Waals surface area contributed by atoms with Gasteiger partial charge >= 0.3 is 0 Å². The molecule has 0 spiro atoms. The minimum atomic E-state index is -0.199. The van der Waals surface area contributed by atoms with Crippen molar-refractivity contribution in [2.45, 2.75) is 11.9 Å². The predicted octanol–water partition coefficient (Wildman–Crippen LogP) is 0.472. The molecule has 1 aromatic heterocycles. The number of nitrogens with zero attached hydrogens (tertiary/aromatic N) is 1. The van der Waals surface area contributed by atoms with Crippen molar-refractivity contribution >= 4 is 17.7 Å². The van der Waals surface area contributed by atoms with E-state index in [2.05, 4.69) is 10.4 Å². The van der Waals surface area contributed by atoms with Crippen LogP contribution in [0.1, 0.15) is 5.56 Å². The number of nitrogens with two attached hydrogens (primary N) is 1. The Bertz CT molecular complexity index is 303. The van der Waals surface area contributed by atoms with Crippen LogP contribution in [0.4, 0.5) is 0 Å². The van der Waals surface area contributed by atoms with Gasteiger partial charge in [0.25, 0.3) is 0 Å². The van der Waals surface area contributed by atoms with Crippen LogP contribution in [-0.4, -0.2) is 16.6 Å². The third-order valence-corrected chi connectivity index (χ3v) is 2.57. The fourth-order valence-corrected chi connectivity index (χ4v) is 1.58. The number of thioether (sulfide) groups is 1. The van der Waals surface area contributed by atoms with Crippen LogP contribution in [0.5, 0.6) is 0 Å². The van der Waals surface area contributed by atoms with Gasteiger partial charge in [0.15, 0.2) is 0 Å². The lowest BCUT2D eigenvalue weighted by atomic mass is 10.3. The van der Waals surface area contributed by atoms with Crippen LogP contribution >= 0.6 is 11.8 Å². The zero-order valence-electron chi connectivity index (χ0n) is 7.28. The Morgan fingerprint density at radius 2 is 2.54 bits per heavy atom. The van der Waals surface area contributed by atoms with E-state index in [9.17, 15) is 4.79 Å². The molecular formula is C8H11N3OS. The third-order valence-electron chi connectivity index (χ3n) is 1.46. The number of aromatic nitrogens is 1. The van der Waals surface area contributed by atoms with Crippen LogP contribution in [0.25, 0.3) is 0 Å². The molecule has 0 aliphatic rings. The smallest absolute Gasteiger partial charge is 0.244 e. The van der Waals surface area contributed by atoms with Gasteiger partial charge in [-0.15, -0.1) is 0 Å². The summed E-state index contributed by atoms with van der Waals surface area (Å²) in [5, 5.41) is 0.867. The van der Waals surface area contributed by atoms with Crippen LogP contribution in [0.2, 0.25) is 0 Å². The molecule has 0 atom stereocenters. The molecule has 0 bridgehead atoms. The Balaban J connectivity index is 2.54. The van der Waals surface area contributed by atoms with E-state index in [1.165, 1.54) is 11.8 Å². The second-order valence-corrected chi connectivity index (χ2v) is 3.45. The number of pyridine rings is 1. The predicted molar refractivity (Wildman–Crippen MR) is 52.0 cm³/mol. The maximum absolute atomic E-state index is 10.8. The lowest BCUT2D eigenvalue weighted by Gasteiger charge is -2.02. The summed E-state index contributed by atoms with van der Waals surface area (Å²) < 4.78 is 0. The van der Waals surface area contributed by atoms with Gasteiger partial charge in [-0.05, 0) is 18.6 Å². The average molecular weight is 197 g/mol. The highest BCUT2D eigenvalue weighted by Gasteiger charge is 2.03. The van der Waals surface area contributed by atoms with Gasteiger partial charge in [0.05, 0.1) is 10.8 Å². The van der Waals surface area contributed by atoms with E-state index in [0.29, 0.717) is 5.75 Å². The third kappa shape index (κ3) is 3.04. The van der Waals surface area contributed by atoms with Crippen molar-refractivity contribution in [2.75, 3.05) is 5.75 Å². The maximum Gasteiger partial charge on any atom is 0.244 e. The van der Waals surface area contributed by atoms with E-state index < -0.39 is 0 Å². The first-order valence-electron chi connectivity index (χ1n) is 3.78. The fraction of sp³-hybridized carbons (Fsp3) is 0.250. The Kier molecular flexibility index (Phi) is 3.72. The summed E-state index contributed by atoms with van der Waals surface area (Å²) >= 11 is 1.38. The molecule has 0 unspecified atom stereocenters. The van der Waals surface area contributed by atoms with Gasteiger partial charge in [0, 0.05) is 6.20 Å². The maximum atomic E-state index is 10.8. The summed E-state index contributed by atoms with van der Waals surface area (Å²) in [6.45, 7) is 1.95. The molecule has 0 aliphatic heterocycles. The summed E-state index contributed by atoms with van der Waals surface area (Å²) in [7, 11) is 0. The molecule has 1 heterocycles. The minimum absolute atomic E-state index is 0.199. The first-order chi connectivity index (χ1) is 6.24. The molecule has 0 fully saturated rings. The molecule has 0 saturated heterocycles. The molecule has 1 aromatic rings. The van der Waals surface area contributed by atoms with Gasteiger partial charge in [-0.2, -0.15) is 0 Å². The summed E-state index contributed by atoms with van der Waals surface area (Å²) in [4.78, 5) is 14.9. The number of hydrogen-bond donors (Lipinski definition) is 2. The SMILES string of the molecule is Cc1cccnc1SCC(=O)NN. The second-order valence-electron chi connectivity index (χ2n) is 2.48. The Labute approximate surface area is 80.9 Å². The first-order valence-corrected chi connectivity index (χ1v) is 4.76. The topological polar surface area (TPSA) is 68.0 Å². The van der Waals surface area contributed by atoms with Gasteiger partial charge < -0.3 is 0 Å². The number of nitrogens with one attached hydrogen (secondary N) is 1. The van der Waals surface area contributed by atoms with Gasteiger partial charge in [0.2, 0.25) is 5.91 Å². The number of aryl methyl sites for hydroxylation is 1. The second kappa shape index (κ2) is 4.84. The summed E-state index contributed by atoms with van der Waals surface area (Å²) in [5.41, 5.74) is 3.13. The molecular weight excluding hydrogens is 186 g/mol. The van der Waals surface area contributed by atoms with E-state index in [1.807, 2.05) is 19.1 Å². The van der Waals surface area contributed by atoms with E-state index >= 15 is 0 Å². The molecule has 13 heavy (non-hydrogen) atoms. The zero-order chi connectivity index (χ0) is 9.68. The first kappa shape index (κ1) is 10.0. The van der Waals surface area contributed by atoms with Crippen molar-refractivity contribution in [3.05, 3.63) is 23.9 Å². The Morgan fingerprint density at radius 3 is 3.15 bits per heavy atom. The summed E-state index contributed by atoms with van der Waals surface area (Å²) in [6.07, 6.45) is 1.70. The Hall–Kier alpha value is -1.07. The number of hydrazine groups is 1.